The number of rotatable bonds is 6. The Labute approximate surface area is 105 Å². The molecule has 0 bridgehead atoms. The van der Waals surface area contributed by atoms with E-state index < -0.39 is 0 Å². The van der Waals surface area contributed by atoms with Crippen molar-refractivity contribution < 1.29 is 0 Å². The smallest absolute Gasteiger partial charge is 0.203 e. The molecule has 0 atom stereocenters. The van der Waals surface area contributed by atoms with Gasteiger partial charge in [0, 0.05) is 19.3 Å². The van der Waals surface area contributed by atoms with E-state index >= 15 is 0 Å². The topological polar surface area (TPSA) is 29.9 Å². The molecule has 3 nitrogen and oxygen atoms in total. The van der Waals surface area contributed by atoms with Gasteiger partial charge >= 0.3 is 0 Å². The molecule has 0 amide bonds. The van der Waals surface area contributed by atoms with Crippen molar-refractivity contribution >= 4 is 5.95 Å². The molecule has 1 aliphatic carbocycles. The summed E-state index contributed by atoms with van der Waals surface area (Å²) in [6.45, 7) is 8.67. The predicted molar refractivity (Wildman–Crippen MR) is 72.2 cm³/mol. The van der Waals surface area contributed by atoms with Crippen molar-refractivity contribution in [1.29, 1.82) is 0 Å². The molecule has 17 heavy (non-hydrogen) atoms. The number of imidazole rings is 1. The predicted octanol–water partition coefficient (Wildman–Crippen LogP) is 3.45. The first-order valence-electron chi connectivity index (χ1n) is 6.93. The highest BCUT2D eigenvalue weighted by Crippen LogP contribution is 2.29. The molecule has 2 rings (SSSR count). The average molecular weight is 235 g/mol. The van der Waals surface area contributed by atoms with Gasteiger partial charge in [-0.3, -0.25) is 0 Å². The first-order chi connectivity index (χ1) is 8.15. The van der Waals surface area contributed by atoms with Crippen molar-refractivity contribution in [3.05, 3.63) is 11.9 Å². The van der Waals surface area contributed by atoms with Crippen molar-refractivity contribution in [1.82, 2.24) is 9.55 Å². The Morgan fingerprint density at radius 3 is 2.82 bits per heavy atom. The van der Waals surface area contributed by atoms with Gasteiger partial charge in [-0.1, -0.05) is 33.1 Å². The summed E-state index contributed by atoms with van der Waals surface area (Å²) >= 11 is 0. The highest BCUT2D eigenvalue weighted by Gasteiger charge is 2.16. The van der Waals surface area contributed by atoms with Crippen molar-refractivity contribution in [3.63, 3.8) is 0 Å². The summed E-state index contributed by atoms with van der Waals surface area (Å²) in [4.78, 5) is 4.56. The van der Waals surface area contributed by atoms with Crippen LogP contribution in [-0.2, 0) is 6.54 Å². The Kier molecular flexibility index (Phi) is 4.08. The third-order valence-corrected chi connectivity index (χ3v) is 3.52. The summed E-state index contributed by atoms with van der Waals surface area (Å²) < 4.78 is 2.25. The van der Waals surface area contributed by atoms with Crippen LogP contribution in [0.3, 0.4) is 0 Å². The summed E-state index contributed by atoms with van der Waals surface area (Å²) in [7, 11) is 0. The van der Waals surface area contributed by atoms with E-state index in [0.29, 0.717) is 5.92 Å². The lowest BCUT2D eigenvalue weighted by atomic mass is 9.83. The molecule has 0 spiro atoms. The van der Waals surface area contributed by atoms with Crippen LogP contribution in [0, 0.1) is 18.8 Å². The fraction of sp³-hybridized carbons (Fsp3) is 0.786. The van der Waals surface area contributed by atoms with Gasteiger partial charge < -0.3 is 9.88 Å². The monoisotopic (exact) mass is 235 g/mol. The molecule has 0 unspecified atom stereocenters. The van der Waals surface area contributed by atoms with Crippen LogP contribution in [0.1, 0.15) is 45.2 Å². The maximum atomic E-state index is 4.56. The van der Waals surface area contributed by atoms with Crippen molar-refractivity contribution in [2.24, 2.45) is 11.8 Å². The normalized spacial score (nSPS) is 16.2. The number of nitrogens with one attached hydrogen (secondary N) is 1. The fourth-order valence-corrected chi connectivity index (χ4v) is 2.39. The molecule has 1 fully saturated rings. The number of aryl methyl sites for hydroxylation is 1. The zero-order valence-corrected chi connectivity index (χ0v) is 11.4. The number of nitrogens with zero attached hydrogens (tertiary/aromatic N) is 2. The molecule has 96 valence electrons. The second-order valence-corrected chi connectivity index (χ2v) is 5.76. The summed E-state index contributed by atoms with van der Waals surface area (Å²) in [5.74, 6) is 2.68. The first kappa shape index (κ1) is 12.5. The third kappa shape index (κ3) is 3.48. The molecule has 3 heteroatoms. The quantitative estimate of drug-likeness (QED) is 0.818. The van der Waals surface area contributed by atoms with Gasteiger partial charge in [-0.15, -0.1) is 0 Å². The zero-order chi connectivity index (χ0) is 12.3. The van der Waals surface area contributed by atoms with E-state index in [4.69, 9.17) is 0 Å². The van der Waals surface area contributed by atoms with Gasteiger partial charge in [0.05, 0.1) is 5.69 Å². The lowest BCUT2D eigenvalue weighted by molar-refractivity contribution is 0.302. The largest absolute Gasteiger partial charge is 0.356 e. The summed E-state index contributed by atoms with van der Waals surface area (Å²) in [6.07, 6.45) is 7.74. The van der Waals surface area contributed by atoms with Crippen LogP contribution in [0.25, 0.3) is 0 Å². The van der Waals surface area contributed by atoms with Crippen LogP contribution in [0.4, 0.5) is 5.95 Å². The second-order valence-electron chi connectivity index (χ2n) is 5.76. The molecule has 0 aromatic carbocycles. The first-order valence-corrected chi connectivity index (χ1v) is 6.93. The molecule has 1 N–H and O–H groups in total. The van der Waals surface area contributed by atoms with Gasteiger partial charge in [0.1, 0.15) is 0 Å². The van der Waals surface area contributed by atoms with E-state index in [1.54, 1.807) is 0 Å². The number of anilines is 1. The number of aromatic nitrogens is 2. The molecule has 1 saturated carbocycles. The summed E-state index contributed by atoms with van der Waals surface area (Å²) in [6, 6.07) is 0. The minimum absolute atomic E-state index is 0.663. The minimum Gasteiger partial charge on any atom is -0.356 e. The highest BCUT2D eigenvalue weighted by molar-refractivity contribution is 5.28. The highest BCUT2D eigenvalue weighted by atomic mass is 15.2. The zero-order valence-electron chi connectivity index (χ0n) is 11.4. The van der Waals surface area contributed by atoms with E-state index in [0.717, 1.165) is 30.6 Å². The molecule has 0 saturated heterocycles. The molecular formula is C14H25N3. The second kappa shape index (κ2) is 5.56. The SMILES string of the molecule is Cc1cn(CC(C)C)c(NCCC2CCC2)n1. The Morgan fingerprint density at radius 1 is 1.47 bits per heavy atom. The summed E-state index contributed by atoms with van der Waals surface area (Å²) in [5.41, 5.74) is 1.11. The average Bonchev–Trinajstić information content (AvgIpc) is 2.50. The molecule has 1 aromatic rings. The Bertz CT molecular complexity index is 350. The standard InChI is InChI=1S/C14H25N3/c1-11(2)9-17-10-12(3)16-14(17)15-8-7-13-5-4-6-13/h10-11,13H,4-9H2,1-3H3,(H,15,16). The summed E-state index contributed by atoms with van der Waals surface area (Å²) in [5, 5.41) is 3.49. The molecule has 1 heterocycles. The molecule has 1 aliphatic rings. The molecular weight excluding hydrogens is 210 g/mol. The van der Waals surface area contributed by atoms with Gasteiger partial charge in [-0.25, -0.2) is 4.98 Å². The van der Waals surface area contributed by atoms with Crippen LogP contribution in [-0.4, -0.2) is 16.1 Å². The van der Waals surface area contributed by atoms with Gasteiger partial charge in [0.25, 0.3) is 0 Å². The minimum atomic E-state index is 0.663. The Balaban J connectivity index is 1.84. The van der Waals surface area contributed by atoms with E-state index in [1.807, 2.05) is 0 Å². The lowest BCUT2D eigenvalue weighted by Crippen LogP contribution is -2.17. The van der Waals surface area contributed by atoms with Crippen LogP contribution >= 0.6 is 0 Å². The molecule has 1 aromatic heterocycles. The Hall–Kier alpha value is -0.990. The van der Waals surface area contributed by atoms with E-state index in [2.05, 4.69) is 41.8 Å². The maximum Gasteiger partial charge on any atom is 0.203 e. The van der Waals surface area contributed by atoms with Gasteiger partial charge in [0.2, 0.25) is 5.95 Å². The van der Waals surface area contributed by atoms with Crippen molar-refractivity contribution in [3.8, 4) is 0 Å². The lowest BCUT2D eigenvalue weighted by Gasteiger charge is -2.25. The van der Waals surface area contributed by atoms with E-state index in [-0.39, 0.29) is 0 Å². The van der Waals surface area contributed by atoms with Gasteiger partial charge in [-0.05, 0) is 25.2 Å². The molecule has 0 radical (unpaired) electrons. The van der Waals surface area contributed by atoms with E-state index in [9.17, 15) is 0 Å². The van der Waals surface area contributed by atoms with Crippen molar-refractivity contribution in [2.45, 2.75) is 53.0 Å². The number of hydrogen-bond acceptors (Lipinski definition) is 2. The Morgan fingerprint density at radius 2 is 2.24 bits per heavy atom. The molecule has 0 aliphatic heterocycles. The maximum absolute atomic E-state index is 4.56. The van der Waals surface area contributed by atoms with Crippen LogP contribution < -0.4 is 5.32 Å². The van der Waals surface area contributed by atoms with Crippen LogP contribution in [0.5, 0.6) is 0 Å². The van der Waals surface area contributed by atoms with Crippen LogP contribution in [0.15, 0.2) is 6.20 Å². The third-order valence-electron chi connectivity index (χ3n) is 3.52. The van der Waals surface area contributed by atoms with Gasteiger partial charge in [0.15, 0.2) is 0 Å². The van der Waals surface area contributed by atoms with Gasteiger partial charge in [-0.2, -0.15) is 0 Å². The van der Waals surface area contributed by atoms with E-state index in [1.165, 1.54) is 25.7 Å². The fourth-order valence-electron chi connectivity index (χ4n) is 2.39. The number of hydrogen-bond donors (Lipinski definition) is 1. The van der Waals surface area contributed by atoms with Crippen LogP contribution in [0.2, 0.25) is 0 Å². The van der Waals surface area contributed by atoms with Crippen molar-refractivity contribution in [2.75, 3.05) is 11.9 Å².